The van der Waals surface area contributed by atoms with Crippen LogP contribution in [0.15, 0.2) is 122 Å². The highest BCUT2D eigenvalue weighted by Gasteiger charge is 2.19. The maximum Gasteiger partial charge on any atom is 0.306 e. The number of rotatable bonds is 48. The van der Waals surface area contributed by atoms with Crippen LogP contribution in [0.4, 0.5) is 0 Å². The topological polar surface area (TPSA) is 78.9 Å². The largest absolute Gasteiger partial charge is 0.462 e. The van der Waals surface area contributed by atoms with Gasteiger partial charge in [0.15, 0.2) is 6.10 Å². The van der Waals surface area contributed by atoms with Crippen molar-refractivity contribution in [3.63, 3.8) is 0 Å². The van der Waals surface area contributed by atoms with Crippen molar-refractivity contribution in [2.45, 2.75) is 239 Å². The van der Waals surface area contributed by atoms with Gasteiger partial charge in [0.1, 0.15) is 13.2 Å². The third-order valence-electron chi connectivity index (χ3n) is 11.2. The molecular weight excluding hydrogens is 841 g/mol. The van der Waals surface area contributed by atoms with Gasteiger partial charge in [0, 0.05) is 19.3 Å². The van der Waals surface area contributed by atoms with Crippen LogP contribution in [0.1, 0.15) is 233 Å². The Bertz CT molecular complexity index is 1450. The molecule has 0 aromatic carbocycles. The fourth-order valence-electron chi connectivity index (χ4n) is 7.15. The third-order valence-corrected chi connectivity index (χ3v) is 11.2. The van der Waals surface area contributed by atoms with Crippen LogP contribution < -0.4 is 0 Å². The van der Waals surface area contributed by atoms with Gasteiger partial charge in [-0.15, -0.1) is 0 Å². The summed E-state index contributed by atoms with van der Waals surface area (Å²) in [6.07, 6.45) is 76.2. The van der Waals surface area contributed by atoms with Gasteiger partial charge in [-0.05, 0) is 103 Å². The van der Waals surface area contributed by atoms with Crippen molar-refractivity contribution in [1.29, 1.82) is 0 Å². The Morgan fingerprint density at radius 1 is 0.309 bits per heavy atom. The van der Waals surface area contributed by atoms with Gasteiger partial charge < -0.3 is 14.2 Å². The van der Waals surface area contributed by atoms with E-state index < -0.39 is 6.10 Å². The molecule has 0 N–H and O–H groups in total. The van der Waals surface area contributed by atoms with Crippen LogP contribution in [-0.4, -0.2) is 37.2 Å². The maximum atomic E-state index is 12.8. The maximum absolute atomic E-state index is 12.8. The second-order valence-electron chi connectivity index (χ2n) is 17.7. The molecule has 0 saturated carbocycles. The molecule has 384 valence electrons. The Hall–Kier alpha value is -4.19. The van der Waals surface area contributed by atoms with Crippen LogP contribution in [0.2, 0.25) is 0 Å². The van der Waals surface area contributed by atoms with Crippen LogP contribution in [0.25, 0.3) is 0 Å². The molecular formula is C62H100O6. The highest BCUT2D eigenvalue weighted by atomic mass is 16.6. The molecule has 0 radical (unpaired) electrons. The molecule has 0 bridgehead atoms. The van der Waals surface area contributed by atoms with Crippen molar-refractivity contribution in [2.24, 2.45) is 0 Å². The van der Waals surface area contributed by atoms with Gasteiger partial charge >= 0.3 is 17.9 Å². The second kappa shape index (κ2) is 55.4. The minimum Gasteiger partial charge on any atom is -0.462 e. The summed E-state index contributed by atoms with van der Waals surface area (Å²) in [5.41, 5.74) is 0. The number of hydrogen-bond acceptors (Lipinski definition) is 6. The van der Waals surface area contributed by atoms with E-state index in [2.05, 4.69) is 142 Å². The van der Waals surface area contributed by atoms with Gasteiger partial charge in [0.25, 0.3) is 0 Å². The molecule has 0 saturated heterocycles. The van der Waals surface area contributed by atoms with Crippen molar-refractivity contribution < 1.29 is 28.6 Å². The first-order valence-electron chi connectivity index (χ1n) is 27.5. The lowest BCUT2D eigenvalue weighted by atomic mass is 10.1. The molecule has 0 spiro atoms. The molecule has 0 amide bonds. The van der Waals surface area contributed by atoms with E-state index in [0.29, 0.717) is 19.3 Å². The molecule has 0 fully saturated rings. The van der Waals surface area contributed by atoms with E-state index in [1.165, 1.54) is 70.6 Å². The van der Waals surface area contributed by atoms with E-state index in [9.17, 15) is 14.4 Å². The number of ether oxygens (including phenoxy) is 3. The lowest BCUT2D eigenvalue weighted by molar-refractivity contribution is -0.167. The molecule has 0 heterocycles. The van der Waals surface area contributed by atoms with Crippen LogP contribution >= 0.6 is 0 Å². The predicted molar refractivity (Wildman–Crippen MR) is 293 cm³/mol. The third kappa shape index (κ3) is 52.8. The molecule has 6 heteroatoms. The van der Waals surface area contributed by atoms with Crippen LogP contribution in [0.5, 0.6) is 0 Å². The monoisotopic (exact) mass is 941 g/mol. The van der Waals surface area contributed by atoms with E-state index >= 15 is 0 Å². The first kappa shape index (κ1) is 63.8. The van der Waals surface area contributed by atoms with Gasteiger partial charge in [-0.25, -0.2) is 0 Å². The fourth-order valence-corrected chi connectivity index (χ4v) is 7.15. The van der Waals surface area contributed by atoms with E-state index in [1.54, 1.807) is 0 Å². The van der Waals surface area contributed by atoms with Crippen molar-refractivity contribution in [1.82, 2.24) is 0 Å². The standard InChI is InChI=1S/C62H100O6/c1-4-7-10-13-16-19-22-24-26-28-29-30-31-32-33-35-36-38-40-43-46-49-52-55-61(64)67-58-59(57-66-60(63)54-51-48-45-42-21-18-15-12-9-6-3)68-62(65)56-53-50-47-44-41-39-37-34-27-25-23-20-17-14-11-8-5-2/h7-8,10-11,16-17,19-20,24-27,29-30,32-33,37,39,44,47,59H,4-6,9,12-15,18,21-23,28,31,34-36,38,40-43,45-46,48-58H2,1-3H3/b10-7-,11-8-,19-16-,20-17-,26-24-,27-25-,30-29-,33-32-,39-37-,47-44-. The van der Waals surface area contributed by atoms with Crippen molar-refractivity contribution in [2.75, 3.05) is 13.2 Å². The smallest absolute Gasteiger partial charge is 0.306 e. The highest BCUT2D eigenvalue weighted by Crippen LogP contribution is 2.14. The Balaban J connectivity index is 4.42. The SMILES string of the molecule is CC/C=C\C/C=C\C/C=C\C/C=C\C/C=C\CCCCCCCCCC(=O)OCC(COC(=O)CCCCCCCCCCCC)OC(=O)CCC/C=C\C/C=C\C/C=C\C/C=C\C/C=C\CC. The highest BCUT2D eigenvalue weighted by molar-refractivity contribution is 5.71. The molecule has 6 nitrogen and oxygen atoms in total. The van der Waals surface area contributed by atoms with Gasteiger partial charge in [-0.1, -0.05) is 232 Å². The predicted octanol–water partition coefficient (Wildman–Crippen LogP) is 18.5. The first-order chi connectivity index (χ1) is 33.5. The molecule has 0 rings (SSSR count). The zero-order valence-corrected chi connectivity index (χ0v) is 43.8. The molecule has 0 aliphatic heterocycles. The lowest BCUT2D eigenvalue weighted by Crippen LogP contribution is -2.30. The van der Waals surface area contributed by atoms with Gasteiger partial charge in [-0.3, -0.25) is 14.4 Å². The average molecular weight is 941 g/mol. The van der Waals surface area contributed by atoms with Crippen LogP contribution in [0.3, 0.4) is 0 Å². The van der Waals surface area contributed by atoms with Gasteiger partial charge in [0.2, 0.25) is 0 Å². The summed E-state index contributed by atoms with van der Waals surface area (Å²) in [7, 11) is 0. The van der Waals surface area contributed by atoms with Gasteiger partial charge in [-0.2, -0.15) is 0 Å². The van der Waals surface area contributed by atoms with Crippen molar-refractivity contribution in [3.8, 4) is 0 Å². The minimum absolute atomic E-state index is 0.106. The summed E-state index contributed by atoms with van der Waals surface area (Å²) in [6.45, 7) is 6.33. The quantitative estimate of drug-likeness (QED) is 0.0262. The molecule has 0 aliphatic rings. The van der Waals surface area contributed by atoms with E-state index in [1.807, 2.05) is 0 Å². The number of carbonyl (C=O) groups is 3. The molecule has 0 aromatic heterocycles. The number of allylic oxidation sites excluding steroid dienone is 20. The Morgan fingerprint density at radius 2 is 0.588 bits per heavy atom. The first-order valence-corrected chi connectivity index (χ1v) is 27.5. The number of esters is 3. The molecule has 1 atom stereocenters. The fraction of sp³-hybridized carbons (Fsp3) is 0.629. The summed E-state index contributed by atoms with van der Waals surface area (Å²) in [4.78, 5) is 38.0. The normalized spacial score (nSPS) is 13.0. The van der Waals surface area contributed by atoms with Crippen LogP contribution in [-0.2, 0) is 28.6 Å². The zero-order valence-electron chi connectivity index (χ0n) is 43.8. The average Bonchev–Trinajstić information content (AvgIpc) is 3.34. The summed E-state index contributed by atoms with van der Waals surface area (Å²) >= 11 is 0. The van der Waals surface area contributed by atoms with Gasteiger partial charge in [0.05, 0.1) is 0 Å². The zero-order chi connectivity index (χ0) is 49.3. The summed E-state index contributed by atoms with van der Waals surface area (Å²) in [6, 6.07) is 0. The van der Waals surface area contributed by atoms with Crippen molar-refractivity contribution in [3.05, 3.63) is 122 Å². The van der Waals surface area contributed by atoms with Crippen molar-refractivity contribution >= 4 is 17.9 Å². The lowest BCUT2D eigenvalue weighted by Gasteiger charge is -2.18. The second-order valence-corrected chi connectivity index (χ2v) is 17.7. The molecule has 0 aliphatic carbocycles. The number of unbranched alkanes of at least 4 members (excludes halogenated alkanes) is 17. The molecule has 0 aromatic rings. The molecule has 68 heavy (non-hydrogen) atoms. The van der Waals surface area contributed by atoms with E-state index in [0.717, 1.165) is 116 Å². The Labute approximate surface area is 418 Å². The Morgan fingerprint density at radius 3 is 0.941 bits per heavy atom. The minimum atomic E-state index is -0.814. The Kier molecular flexibility index (Phi) is 52.0. The summed E-state index contributed by atoms with van der Waals surface area (Å²) in [5, 5.41) is 0. The van der Waals surface area contributed by atoms with E-state index in [-0.39, 0.29) is 37.5 Å². The summed E-state index contributed by atoms with van der Waals surface area (Å²) in [5.74, 6) is -0.982. The summed E-state index contributed by atoms with van der Waals surface area (Å²) < 4.78 is 16.8. The van der Waals surface area contributed by atoms with Crippen LogP contribution in [0, 0.1) is 0 Å². The number of hydrogen-bond donors (Lipinski definition) is 0. The van der Waals surface area contributed by atoms with E-state index in [4.69, 9.17) is 14.2 Å². The molecule has 1 unspecified atom stereocenters. The number of carbonyl (C=O) groups excluding carboxylic acids is 3.